The monoisotopic (exact) mass is 331 g/mol. The summed E-state index contributed by atoms with van der Waals surface area (Å²) in [6.45, 7) is 10.7. The summed E-state index contributed by atoms with van der Waals surface area (Å²) >= 11 is 1.49. The van der Waals surface area contributed by atoms with E-state index in [4.69, 9.17) is 10.5 Å². The molecule has 0 atom stereocenters. The molecule has 2 N–H and O–H groups in total. The van der Waals surface area contributed by atoms with Gasteiger partial charge in [0.05, 0.1) is 6.61 Å². The number of hydrogen-bond acceptors (Lipinski definition) is 4. The minimum Gasteiger partial charge on any atom is -0.462 e. The number of ether oxygens (including phenoxy) is 1. The van der Waals surface area contributed by atoms with E-state index >= 15 is 0 Å². The highest BCUT2D eigenvalue weighted by Crippen LogP contribution is 2.40. The van der Waals surface area contributed by atoms with E-state index in [2.05, 4.69) is 39.0 Å². The largest absolute Gasteiger partial charge is 0.462 e. The van der Waals surface area contributed by atoms with Gasteiger partial charge in [0.2, 0.25) is 0 Å². The third-order valence-corrected chi connectivity index (χ3v) is 5.04. The second kappa shape index (κ2) is 7.18. The third-order valence-electron chi connectivity index (χ3n) is 3.88. The predicted octanol–water partition coefficient (Wildman–Crippen LogP) is 4.99. The van der Waals surface area contributed by atoms with Gasteiger partial charge in [-0.3, -0.25) is 0 Å². The molecule has 124 valence electrons. The van der Waals surface area contributed by atoms with Crippen LogP contribution in [0.3, 0.4) is 0 Å². The molecule has 1 aromatic carbocycles. The number of esters is 1. The molecule has 4 heteroatoms. The Morgan fingerprint density at radius 2 is 1.96 bits per heavy atom. The van der Waals surface area contributed by atoms with E-state index in [-0.39, 0.29) is 5.97 Å². The number of carbonyl (C=O) groups excluding carboxylic acids is 1. The Balaban J connectivity index is 2.52. The van der Waals surface area contributed by atoms with Crippen molar-refractivity contribution in [1.29, 1.82) is 0 Å². The first-order valence-corrected chi connectivity index (χ1v) is 8.82. The van der Waals surface area contributed by atoms with E-state index < -0.39 is 0 Å². The number of anilines is 1. The number of rotatable bonds is 5. The molecule has 2 rings (SSSR count). The molecule has 2 aromatic rings. The van der Waals surface area contributed by atoms with Crippen molar-refractivity contribution in [3.8, 4) is 11.1 Å². The van der Waals surface area contributed by atoms with Crippen LogP contribution in [0.25, 0.3) is 11.1 Å². The number of thiophene rings is 1. The van der Waals surface area contributed by atoms with Crippen molar-refractivity contribution in [2.45, 2.75) is 41.0 Å². The van der Waals surface area contributed by atoms with Crippen molar-refractivity contribution in [3.05, 3.63) is 39.8 Å². The second-order valence-electron chi connectivity index (χ2n) is 6.28. The van der Waals surface area contributed by atoms with Crippen LogP contribution in [0.15, 0.2) is 18.2 Å². The van der Waals surface area contributed by atoms with Crippen LogP contribution in [0.2, 0.25) is 0 Å². The normalized spacial score (nSPS) is 11.0. The summed E-state index contributed by atoms with van der Waals surface area (Å²) in [6, 6.07) is 6.26. The second-order valence-corrected chi connectivity index (χ2v) is 7.42. The topological polar surface area (TPSA) is 52.3 Å². The fraction of sp³-hybridized carbons (Fsp3) is 0.421. The molecule has 23 heavy (non-hydrogen) atoms. The molecular weight excluding hydrogens is 306 g/mol. The average Bonchev–Trinajstić information content (AvgIpc) is 2.84. The first kappa shape index (κ1) is 17.5. The summed E-state index contributed by atoms with van der Waals surface area (Å²) in [5, 5.41) is 0.545. The highest BCUT2D eigenvalue weighted by atomic mass is 32.1. The van der Waals surface area contributed by atoms with Gasteiger partial charge in [0.1, 0.15) is 10.6 Å². The summed E-state index contributed by atoms with van der Waals surface area (Å²) in [4.78, 5) is 13.7. The Kier molecular flexibility index (Phi) is 5.47. The number of aryl methyl sites for hydroxylation is 3. The smallest absolute Gasteiger partial charge is 0.341 e. The molecule has 0 aliphatic heterocycles. The van der Waals surface area contributed by atoms with Crippen LogP contribution in [0.1, 0.15) is 47.1 Å². The molecule has 0 saturated carbocycles. The Hall–Kier alpha value is -1.81. The fourth-order valence-electron chi connectivity index (χ4n) is 2.47. The molecule has 0 amide bonds. The number of hydrogen-bond donors (Lipinski definition) is 1. The van der Waals surface area contributed by atoms with Crippen LogP contribution >= 0.6 is 11.3 Å². The van der Waals surface area contributed by atoms with E-state index in [1.807, 2.05) is 13.8 Å². The summed E-state index contributed by atoms with van der Waals surface area (Å²) < 4.78 is 5.43. The fourth-order valence-corrected chi connectivity index (χ4v) is 3.49. The molecule has 0 aliphatic carbocycles. The van der Waals surface area contributed by atoms with E-state index in [9.17, 15) is 4.79 Å². The molecule has 0 fully saturated rings. The third kappa shape index (κ3) is 3.75. The molecule has 3 nitrogen and oxygen atoms in total. The summed E-state index contributed by atoms with van der Waals surface area (Å²) in [5.74, 6) is -0.0186. The highest BCUT2D eigenvalue weighted by molar-refractivity contribution is 7.17. The first-order valence-electron chi connectivity index (χ1n) is 8.01. The zero-order valence-corrected chi connectivity index (χ0v) is 15.3. The van der Waals surface area contributed by atoms with Crippen LogP contribution < -0.4 is 5.73 Å². The molecule has 0 bridgehead atoms. The Labute approximate surface area is 142 Å². The Morgan fingerprint density at radius 3 is 2.52 bits per heavy atom. The van der Waals surface area contributed by atoms with Crippen LogP contribution in [0, 0.1) is 19.8 Å². The van der Waals surface area contributed by atoms with E-state index in [1.165, 1.54) is 22.5 Å². The van der Waals surface area contributed by atoms with Crippen molar-refractivity contribution >= 4 is 22.3 Å². The molecule has 0 saturated heterocycles. The van der Waals surface area contributed by atoms with Gasteiger partial charge in [0.15, 0.2) is 0 Å². The lowest BCUT2D eigenvalue weighted by Gasteiger charge is -2.11. The van der Waals surface area contributed by atoms with Crippen LogP contribution in [0.5, 0.6) is 0 Å². The average molecular weight is 331 g/mol. The number of benzene rings is 1. The van der Waals surface area contributed by atoms with Gasteiger partial charge < -0.3 is 10.5 Å². The Morgan fingerprint density at radius 1 is 1.26 bits per heavy atom. The lowest BCUT2D eigenvalue weighted by atomic mass is 9.97. The molecule has 0 aliphatic rings. The van der Waals surface area contributed by atoms with Crippen LogP contribution in [-0.2, 0) is 11.2 Å². The molecule has 0 radical (unpaired) electrons. The van der Waals surface area contributed by atoms with E-state index in [0.717, 1.165) is 22.4 Å². The zero-order chi connectivity index (χ0) is 17.1. The summed E-state index contributed by atoms with van der Waals surface area (Å²) in [7, 11) is 0. The molecular formula is C19H25NO2S. The molecule has 0 unspecified atom stereocenters. The maximum absolute atomic E-state index is 12.5. The molecule has 0 spiro atoms. The van der Waals surface area contributed by atoms with Crippen LogP contribution in [0.4, 0.5) is 5.00 Å². The van der Waals surface area contributed by atoms with Gasteiger partial charge in [0, 0.05) is 10.4 Å². The van der Waals surface area contributed by atoms with Crippen LogP contribution in [-0.4, -0.2) is 12.6 Å². The van der Waals surface area contributed by atoms with Crippen molar-refractivity contribution in [2.24, 2.45) is 5.92 Å². The molecule has 1 aromatic heterocycles. The number of carbonyl (C=O) groups is 1. The van der Waals surface area contributed by atoms with Crippen molar-refractivity contribution < 1.29 is 9.53 Å². The Bertz CT molecular complexity index is 716. The lowest BCUT2D eigenvalue weighted by Crippen LogP contribution is -2.12. The first-order chi connectivity index (χ1) is 10.8. The van der Waals surface area contributed by atoms with E-state index in [0.29, 0.717) is 23.1 Å². The maximum atomic E-state index is 12.5. The summed E-state index contributed by atoms with van der Waals surface area (Å²) in [5.41, 5.74) is 11.1. The standard InChI is InChI=1S/C19H25NO2S/c1-6-15-16(14-8-7-12(4)13(5)9-14)17(18(20)23-15)19(21)22-10-11(2)3/h7-9,11H,6,10,20H2,1-5H3. The van der Waals surface area contributed by atoms with Crippen molar-refractivity contribution in [1.82, 2.24) is 0 Å². The number of nitrogen functional groups attached to an aromatic ring is 1. The van der Waals surface area contributed by atoms with Gasteiger partial charge in [-0.25, -0.2) is 4.79 Å². The van der Waals surface area contributed by atoms with E-state index in [1.54, 1.807) is 0 Å². The highest BCUT2D eigenvalue weighted by Gasteiger charge is 2.24. The maximum Gasteiger partial charge on any atom is 0.341 e. The van der Waals surface area contributed by atoms with Gasteiger partial charge in [-0.1, -0.05) is 39.0 Å². The molecule has 1 heterocycles. The number of nitrogens with two attached hydrogens (primary N) is 1. The quantitative estimate of drug-likeness (QED) is 0.785. The van der Waals surface area contributed by atoms with Crippen molar-refractivity contribution in [2.75, 3.05) is 12.3 Å². The van der Waals surface area contributed by atoms with Gasteiger partial charge in [-0.05, 0) is 42.9 Å². The predicted molar refractivity (Wildman–Crippen MR) is 98.1 cm³/mol. The summed E-state index contributed by atoms with van der Waals surface area (Å²) in [6.07, 6.45) is 0.842. The minimum absolute atomic E-state index is 0.300. The minimum atomic E-state index is -0.319. The van der Waals surface area contributed by atoms with Crippen molar-refractivity contribution in [3.63, 3.8) is 0 Å². The zero-order valence-electron chi connectivity index (χ0n) is 14.5. The van der Waals surface area contributed by atoms with Gasteiger partial charge in [-0.15, -0.1) is 11.3 Å². The SMILES string of the molecule is CCc1sc(N)c(C(=O)OCC(C)C)c1-c1ccc(C)c(C)c1. The van der Waals surface area contributed by atoms with Gasteiger partial charge in [-0.2, -0.15) is 0 Å². The van der Waals surface area contributed by atoms with Gasteiger partial charge >= 0.3 is 5.97 Å². The lowest BCUT2D eigenvalue weighted by molar-refractivity contribution is 0.0461. The van der Waals surface area contributed by atoms with Gasteiger partial charge in [0.25, 0.3) is 0 Å².